The minimum Gasteiger partial charge on any atom is -0.320 e. The fourth-order valence-electron chi connectivity index (χ4n) is 2.88. The van der Waals surface area contributed by atoms with Gasteiger partial charge in [-0.1, -0.05) is 28.9 Å². The summed E-state index contributed by atoms with van der Waals surface area (Å²) in [7, 11) is 0. The van der Waals surface area contributed by atoms with E-state index in [-0.39, 0.29) is 16.4 Å². The van der Waals surface area contributed by atoms with Crippen molar-refractivity contribution in [3.8, 4) is 22.0 Å². The van der Waals surface area contributed by atoms with Crippen LogP contribution in [0.4, 0.5) is 18.9 Å². The first-order valence-corrected chi connectivity index (χ1v) is 10.1. The monoisotopic (exact) mass is 480 g/mol. The van der Waals surface area contributed by atoms with E-state index in [1.807, 2.05) is 0 Å². The second-order valence-corrected chi connectivity index (χ2v) is 8.03. The minimum atomic E-state index is -4.44. The number of benzene rings is 2. The molecule has 0 spiro atoms. The van der Waals surface area contributed by atoms with Gasteiger partial charge in [-0.15, -0.1) is 11.3 Å². The van der Waals surface area contributed by atoms with Gasteiger partial charge in [-0.3, -0.25) is 14.3 Å². The number of alkyl halides is 3. The lowest BCUT2D eigenvalue weighted by molar-refractivity contribution is -0.137. The van der Waals surface area contributed by atoms with E-state index in [9.17, 15) is 22.8 Å². The molecule has 2 aromatic heterocycles. The van der Waals surface area contributed by atoms with Gasteiger partial charge in [0.15, 0.2) is 5.82 Å². The fraction of sp³-hybridized carbons (Fsp3) is 0.100. The number of carbonyl (C=O) groups is 1. The summed E-state index contributed by atoms with van der Waals surface area (Å²) >= 11 is 7.08. The number of thiazole rings is 1. The number of nitrogens with one attached hydrogen (secondary N) is 2. The quantitative estimate of drug-likeness (QED) is 0.408. The molecule has 0 aliphatic carbocycles. The summed E-state index contributed by atoms with van der Waals surface area (Å²) in [5.74, 6) is -1.16. The number of carbonyl (C=O) groups excluding carboxylic acids is 1. The molecule has 4 aromatic rings. The third-order valence-electron chi connectivity index (χ3n) is 4.39. The predicted octanol–water partition coefficient (Wildman–Crippen LogP) is 5.39. The molecule has 2 N–H and O–H groups in total. The van der Waals surface area contributed by atoms with Crippen LogP contribution >= 0.6 is 22.9 Å². The SMILES string of the molecule is Cc1nc(-c2ccc(C(F)(F)F)cc2)sc1C(=O)Nc1cc(Cl)ccc1-c1noc(=O)[nH]1. The summed E-state index contributed by atoms with van der Waals surface area (Å²) in [4.78, 5) is 31.2. The number of H-pyrrole nitrogens is 1. The van der Waals surface area contributed by atoms with E-state index in [0.717, 1.165) is 23.5 Å². The summed E-state index contributed by atoms with van der Waals surface area (Å²) < 4.78 is 42.9. The van der Waals surface area contributed by atoms with Crippen molar-refractivity contribution < 1.29 is 22.5 Å². The van der Waals surface area contributed by atoms with E-state index in [2.05, 4.69) is 25.0 Å². The van der Waals surface area contributed by atoms with E-state index >= 15 is 0 Å². The highest BCUT2D eigenvalue weighted by atomic mass is 35.5. The number of amides is 1. The average Bonchev–Trinajstić information content (AvgIpc) is 3.33. The average molecular weight is 481 g/mol. The van der Waals surface area contributed by atoms with Crippen LogP contribution in [0.3, 0.4) is 0 Å². The number of hydrogen-bond acceptors (Lipinski definition) is 6. The molecule has 164 valence electrons. The maximum absolute atomic E-state index is 12.9. The normalized spacial score (nSPS) is 11.5. The Labute approximate surface area is 186 Å². The highest BCUT2D eigenvalue weighted by Gasteiger charge is 2.30. The topological polar surface area (TPSA) is 101 Å². The molecule has 0 saturated carbocycles. The first kappa shape index (κ1) is 21.8. The van der Waals surface area contributed by atoms with Gasteiger partial charge in [0.25, 0.3) is 5.91 Å². The van der Waals surface area contributed by atoms with Crippen LogP contribution in [0.1, 0.15) is 20.9 Å². The molecular formula is C20H12ClF3N4O3S. The molecule has 2 heterocycles. The van der Waals surface area contributed by atoms with Gasteiger partial charge in [0, 0.05) is 16.1 Å². The molecule has 0 fully saturated rings. The molecule has 1 amide bonds. The zero-order chi connectivity index (χ0) is 23.0. The Bertz CT molecular complexity index is 1360. The van der Waals surface area contributed by atoms with Crippen molar-refractivity contribution in [1.82, 2.24) is 15.1 Å². The number of aromatic nitrogens is 3. The molecule has 4 rings (SSSR count). The number of hydrogen-bond donors (Lipinski definition) is 2. The smallest absolute Gasteiger partial charge is 0.320 e. The third-order valence-corrected chi connectivity index (χ3v) is 5.83. The molecule has 0 aliphatic rings. The second-order valence-electron chi connectivity index (χ2n) is 6.60. The van der Waals surface area contributed by atoms with Crippen LogP contribution in [0.25, 0.3) is 22.0 Å². The van der Waals surface area contributed by atoms with Gasteiger partial charge >= 0.3 is 11.9 Å². The van der Waals surface area contributed by atoms with Gasteiger partial charge in [-0.2, -0.15) is 13.2 Å². The van der Waals surface area contributed by atoms with Gasteiger partial charge < -0.3 is 5.32 Å². The highest BCUT2D eigenvalue weighted by molar-refractivity contribution is 7.17. The first-order valence-electron chi connectivity index (χ1n) is 8.94. The number of halogens is 4. The van der Waals surface area contributed by atoms with E-state index in [1.54, 1.807) is 19.1 Å². The molecule has 0 saturated heterocycles. The summed E-state index contributed by atoms with van der Waals surface area (Å²) in [6.07, 6.45) is -4.44. The van der Waals surface area contributed by atoms with Crippen LogP contribution < -0.4 is 11.1 Å². The molecule has 0 atom stereocenters. The first-order chi connectivity index (χ1) is 15.1. The number of aryl methyl sites for hydroxylation is 1. The van der Waals surface area contributed by atoms with Crippen molar-refractivity contribution in [3.63, 3.8) is 0 Å². The summed E-state index contributed by atoms with van der Waals surface area (Å²) in [5, 5.41) is 7.05. The molecular weight excluding hydrogens is 469 g/mol. The Morgan fingerprint density at radius 2 is 1.91 bits per heavy atom. The Morgan fingerprint density at radius 1 is 1.19 bits per heavy atom. The lowest BCUT2D eigenvalue weighted by atomic mass is 10.1. The van der Waals surface area contributed by atoms with E-state index in [4.69, 9.17) is 11.6 Å². The van der Waals surface area contributed by atoms with E-state index in [0.29, 0.717) is 26.9 Å². The largest absolute Gasteiger partial charge is 0.439 e. The summed E-state index contributed by atoms with van der Waals surface area (Å²) in [6.45, 7) is 1.62. The molecule has 32 heavy (non-hydrogen) atoms. The Kier molecular flexibility index (Phi) is 5.61. The van der Waals surface area contributed by atoms with Crippen molar-refractivity contribution in [2.24, 2.45) is 0 Å². The predicted molar refractivity (Wildman–Crippen MR) is 113 cm³/mol. The second kappa shape index (κ2) is 8.24. The Hall–Kier alpha value is -3.44. The van der Waals surface area contributed by atoms with Crippen molar-refractivity contribution >= 4 is 34.5 Å². The summed E-state index contributed by atoms with van der Waals surface area (Å²) in [6, 6.07) is 9.12. The lowest BCUT2D eigenvalue weighted by Gasteiger charge is -2.09. The van der Waals surface area contributed by atoms with Crippen molar-refractivity contribution in [2.75, 3.05) is 5.32 Å². The Balaban J connectivity index is 1.63. The lowest BCUT2D eigenvalue weighted by Crippen LogP contribution is -2.12. The van der Waals surface area contributed by atoms with Gasteiger partial charge in [0.05, 0.1) is 16.9 Å². The zero-order valence-electron chi connectivity index (χ0n) is 16.1. The van der Waals surface area contributed by atoms with Gasteiger partial charge in [-0.25, -0.2) is 9.78 Å². The number of aromatic amines is 1. The molecule has 12 heteroatoms. The maximum Gasteiger partial charge on any atom is 0.439 e. The molecule has 2 aromatic carbocycles. The van der Waals surface area contributed by atoms with Crippen LogP contribution in [0.15, 0.2) is 51.8 Å². The maximum atomic E-state index is 12.9. The molecule has 0 bridgehead atoms. The van der Waals surface area contributed by atoms with Crippen LogP contribution in [-0.2, 0) is 6.18 Å². The number of rotatable bonds is 4. The standard InChI is InChI=1S/C20H12ClF3N4O3S/c1-9-15(32-18(25-9)10-2-4-11(5-3-10)20(22,23)24)17(29)26-14-8-12(21)6-7-13(14)16-27-19(30)31-28-16/h2-8H,1H3,(H,26,29)(H,27,28,30). The van der Waals surface area contributed by atoms with E-state index in [1.165, 1.54) is 18.2 Å². The third kappa shape index (κ3) is 4.43. The van der Waals surface area contributed by atoms with Crippen LogP contribution in [0.5, 0.6) is 0 Å². The van der Waals surface area contributed by atoms with Gasteiger partial charge in [0.1, 0.15) is 9.88 Å². The molecule has 7 nitrogen and oxygen atoms in total. The van der Waals surface area contributed by atoms with Crippen LogP contribution in [0.2, 0.25) is 5.02 Å². The number of anilines is 1. The van der Waals surface area contributed by atoms with Crippen molar-refractivity contribution in [3.05, 3.63) is 74.2 Å². The molecule has 0 aliphatic heterocycles. The van der Waals surface area contributed by atoms with Gasteiger partial charge in [-0.05, 0) is 37.3 Å². The summed E-state index contributed by atoms with van der Waals surface area (Å²) in [5.41, 5.74) is 0.733. The minimum absolute atomic E-state index is 0.105. The van der Waals surface area contributed by atoms with Crippen LogP contribution in [-0.4, -0.2) is 21.0 Å². The van der Waals surface area contributed by atoms with Crippen molar-refractivity contribution in [1.29, 1.82) is 0 Å². The fourth-order valence-corrected chi connectivity index (χ4v) is 4.02. The zero-order valence-corrected chi connectivity index (χ0v) is 17.7. The van der Waals surface area contributed by atoms with Gasteiger partial charge in [0.2, 0.25) is 0 Å². The molecule has 0 radical (unpaired) electrons. The number of nitrogens with zero attached hydrogens (tertiary/aromatic N) is 2. The highest BCUT2D eigenvalue weighted by Crippen LogP contribution is 2.34. The van der Waals surface area contributed by atoms with Crippen molar-refractivity contribution in [2.45, 2.75) is 13.1 Å². The van der Waals surface area contributed by atoms with E-state index < -0.39 is 23.4 Å². The Morgan fingerprint density at radius 3 is 2.53 bits per heavy atom. The van der Waals surface area contributed by atoms with Crippen LogP contribution in [0, 0.1) is 6.92 Å². The molecule has 0 unspecified atom stereocenters.